The number of carbonyl (C=O) groups excluding carboxylic acids is 7. The SMILES string of the molecule is CCC1(O)C(=O)OCc2c1cc1n(c2=O)Cc2c-1nc1ccc(NC(=O)C(C)NC(=O)C(NC(=O)CCOCCOCCOCCOCCOCCOCCOCCOCCNC(=O)CCN3C(=O)C=CC3=O)C(C)C)c3c1c2CCC3. The number of amides is 6. The molecular formula is C57H77N7O18. The van der Waals surface area contributed by atoms with Gasteiger partial charge in [-0.05, 0) is 67.9 Å². The lowest BCUT2D eigenvalue weighted by atomic mass is 9.85. The maximum Gasteiger partial charge on any atom is 0.343 e. The average molecular weight is 1150 g/mol. The van der Waals surface area contributed by atoms with E-state index in [2.05, 4.69) is 21.3 Å². The Morgan fingerprint density at radius 2 is 1.24 bits per heavy atom. The topological polar surface area (TPSA) is 309 Å². The van der Waals surface area contributed by atoms with Crippen LogP contribution in [0.1, 0.15) is 81.2 Å². The highest BCUT2D eigenvalue weighted by Crippen LogP contribution is 2.43. The number of cyclic esters (lactones) is 1. The Hall–Kier alpha value is -6.55. The highest BCUT2D eigenvalue weighted by Gasteiger charge is 2.46. The molecule has 0 radical (unpaired) electrons. The summed E-state index contributed by atoms with van der Waals surface area (Å²) in [6.07, 6.45) is 4.64. The number of hydrogen-bond donors (Lipinski definition) is 5. The van der Waals surface area contributed by atoms with Crippen molar-refractivity contribution in [3.8, 4) is 11.4 Å². The molecule has 1 aromatic carbocycles. The van der Waals surface area contributed by atoms with Gasteiger partial charge in [0.2, 0.25) is 23.6 Å². The van der Waals surface area contributed by atoms with Crippen molar-refractivity contribution in [3.63, 3.8) is 0 Å². The number of benzene rings is 1. The maximum atomic E-state index is 13.8. The van der Waals surface area contributed by atoms with Crippen LogP contribution in [0.3, 0.4) is 0 Å². The van der Waals surface area contributed by atoms with Crippen LogP contribution in [0, 0.1) is 5.92 Å². The molecule has 2 aromatic heterocycles. The summed E-state index contributed by atoms with van der Waals surface area (Å²) in [7, 11) is 0. The summed E-state index contributed by atoms with van der Waals surface area (Å²) in [4.78, 5) is 107. The maximum absolute atomic E-state index is 13.8. The number of aromatic nitrogens is 2. The van der Waals surface area contributed by atoms with E-state index >= 15 is 0 Å². The van der Waals surface area contributed by atoms with Crippen molar-refractivity contribution in [1.29, 1.82) is 0 Å². The van der Waals surface area contributed by atoms with Crippen LogP contribution in [0.4, 0.5) is 5.69 Å². The van der Waals surface area contributed by atoms with Gasteiger partial charge in [-0.15, -0.1) is 0 Å². The van der Waals surface area contributed by atoms with E-state index in [-0.39, 0.29) is 86.6 Å². The van der Waals surface area contributed by atoms with Crippen molar-refractivity contribution in [3.05, 3.63) is 68.5 Å². The Bertz CT molecular complexity index is 2840. The molecule has 25 nitrogen and oxygen atoms in total. The van der Waals surface area contributed by atoms with E-state index in [1.165, 1.54) is 12.2 Å². The Kier molecular flexibility index (Phi) is 24.0. The van der Waals surface area contributed by atoms with Crippen LogP contribution in [0.5, 0.6) is 0 Å². The number of carbonyl (C=O) groups is 7. The third kappa shape index (κ3) is 16.6. The second kappa shape index (κ2) is 31.2. The highest BCUT2D eigenvalue weighted by molar-refractivity contribution is 6.13. The van der Waals surface area contributed by atoms with Gasteiger partial charge in [-0.3, -0.25) is 38.5 Å². The second-order valence-corrected chi connectivity index (χ2v) is 20.3. The number of anilines is 1. The van der Waals surface area contributed by atoms with Crippen LogP contribution < -0.4 is 26.8 Å². The Morgan fingerprint density at radius 1 is 0.683 bits per heavy atom. The van der Waals surface area contributed by atoms with E-state index in [4.69, 9.17) is 47.6 Å². The van der Waals surface area contributed by atoms with Gasteiger partial charge in [-0.25, -0.2) is 9.78 Å². The molecule has 0 bridgehead atoms. The molecule has 5 heterocycles. The van der Waals surface area contributed by atoms with Crippen LogP contribution in [0.25, 0.3) is 22.3 Å². The summed E-state index contributed by atoms with van der Waals surface area (Å²) in [5.41, 5.74) is 3.50. The lowest BCUT2D eigenvalue weighted by Crippen LogP contribution is -2.53. The van der Waals surface area contributed by atoms with Gasteiger partial charge in [0, 0.05) is 60.3 Å². The van der Waals surface area contributed by atoms with Gasteiger partial charge in [-0.2, -0.15) is 0 Å². The van der Waals surface area contributed by atoms with Crippen molar-refractivity contribution in [2.45, 2.75) is 97.1 Å². The Labute approximate surface area is 475 Å². The number of ether oxygens (including phenoxy) is 9. The minimum Gasteiger partial charge on any atom is -0.458 e. The number of imide groups is 1. The molecule has 4 aliphatic rings. The predicted molar refractivity (Wildman–Crippen MR) is 294 cm³/mol. The van der Waals surface area contributed by atoms with Crippen LogP contribution >= 0.6 is 0 Å². The van der Waals surface area contributed by atoms with Crippen molar-refractivity contribution < 1.29 is 81.3 Å². The first-order valence-corrected chi connectivity index (χ1v) is 28.1. The van der Waals surface area contributed by atoms with Gasteiger partial charge >= 0.3 is 5.97 Å². The minimum atomic E-state index is -1.93. The summed E-state index contributed by atoms with van der Waals surface area (Å²) in [5, 5.41) is 23.4. The van der Waals surface area contributed by atoms with Gasteiger partial charge in [-0.1, -0.05) is 20.8 Å². The van der Waals surface area contributed by atoms with Crippen molar-refractivity contribution >= 4 is 58.0 Å². The fraction of sp³-hybridized carbons (Fsp3) is 0.596. The standard InChI is InChI=1S/C57H77N7O18/c1-5-57(73)42-33-45-52-40(34-64(45)55(71)41(42)35-82-56(57)72)38-7-6-8-39-43(9-10-44(60-52)50(38)39)61-53(69)37(4)59-54(70)51(36(2)3)62-47(66)14-17-74-19-21-76-23-25-78-27-29-80-31-32-81-30-28-79-26-24-77-22-20-75-18-15-58-46(65)13-16-63-48(67)11-12-49(63)68/h9-12,33,36-37,51,73H,5-8,13-32,34-35H2,1-4H3,(H,58,65)(H,59,70)(H,61,69)(H,62,66). The number of rotatable bonds is 37. The van der Waals surface area contributed by atoms with Crippen LogP contribution in [-0.2, 0) is 108 Å². The number of fused-ring (bicyclic) bond motifs is 5. The van der Waals surface area contributed by atoms with E-state index in [0.717, 1.165) is 39.8 Å². The van der Waals surface area contributed by atoms with Crippen molar-refractivity contribution in [1.82, 2.24) is 30.4 Å². The molecule has 3 aromatic rings. The first-order chi connectivity index (χ1) is 39.6. The minimum absolute atomic E-state index is 0.0160. The van der Waals surface area contributed by atoms with Crippen molar-refractivity contribution in [2.75, 3.05) is 124 Å². The monoisotopic (exact) mass is 1150 g/mol. The first-order valence-electron chi connectivity index (χ1n) is 28.1. The van der Waals surface area contributed by atoms with Gasteiger partial charge in [0.25, 0.3) is 17.4 Å². The zero-order valence-electron chi connectivity index (χ0n) is 47.2. The largest absolute Gasteiger partial charge is 0.458 e. The van der Waals surface area contributed by atoms with Crippen molar-refractivity contribution in [2.24, 2.45) is 5.92 Å². The van der Waals surface area contributed by atoms with E-state index < -0.39 is 47.3 Å². The predicted octanol–water partition coefficient (Wildman–Crippen LogP) is 1.11. The molecule has 0 spiro atoms. The van der Waals surface area contributed by atoms with E-state index in [1.807, 2.05) is 6.07 Å². The van der Waals surface area contributed by atoms with Gasteiger partial charge in [0.05, 0.1) is 135 Å². The fourth-order valence-corrected chi connectivity index (χ4v) is 9.85. The molecule has 82 heavy (non-hydrogen) atoms. The van der Waals surface area contributed by atoms with Crippen LogP contribution in [-0.4, -0.2) is 192 Å². The number of aryl methyl sites for hydroxylation is 2. The Morgan fingerprint density at radius 3 is 1.82 bits per heavy atom. The average Bonchev–Trinajstić information content (AvgIpc) is 1.91. The molecule has 6 amide bonds. The number of esters is 1. The zero-order valence-corrected chi connectivity index (χ0v) is 47.2. The summed E-state index contributed by atoms with van der Waals surface area (Å²) >= 11 is 0. The quantitative estimate of drug-likeness (QED) is 0.0240. The van der Waals surface area contributed by atoms with Gasteiger partial charge in [0.1, 0.15) is 18.7 Å². The summed E-state index contributed by atoms with van der Waals surface area (Å²) < 4.78 is 50.9. The number of hydrogen-bond acceptors (Lipinski definition) is 19. The smallest absolute Gasteiger partial charge is 0.343 e. The van der Waals surface area contributed by atoms with Gasteiger partial charge < -0.3 is 73.6 Å². The molecule has 25 heteroatoms. The molecule has 0 saturated carbocycles. The van der Waals surface area contributed by atoms with Gasteiger partial charge in [0.15, 0.2) is 5.60 Å². The zero-order chi connectivity index (χ0) is 58.6. The fourth-order valence-electron chi connectivity index (χ4n) is 9.85. The third-order valence-electron chi connectivity index (χ3n) is 14.3. The molecule has 0 fully saturated rings. The second-order valence-electron chi connectivity index (χ2n) is 20.3. The lowest BCUT2D eigenvalue weighted by Gasteiger charge is -2.31. The van der Waals surface area contributed by atoms with E-state index in [9.17, 15) is 43.5 Å². The van der Waals surface area contributed by atoms with E-state index in [1.54, 1.807) is 44.4 Å². The number of nitrogens with one attached hydrogen (secondary N) is 4. The Balaban J connectivity index is 0.676. The number of aliphatic hydroxyl groups is 1. The molecule has 3 aliphatic heterocycles. The van der Waals surface area contributed by atoms with Crippen LogP contribution in [0.15, 0.2) is 35.1 Å². The summed E-state index contributed by atoms with van der Waals surface area (Å²) in [5.74, 6) is -3.48. The molecule has 7 rings (SSSR count). The van der Waals surface area contributed by atoms with Crippen LogP contribution in [0.2, 0.25) is 0 Å². The molecule has 1 aliphatic carbocycles. The third-order valence-corrected chi connectivity index (χ3v) is 14.3. The summed E-state index contributed by atoms with van der Waals surface area (Å²) in [6.45, 7) is 12.9. The van der Waals surface area contributed by atoms with E-state index in [0.29, 0.717) is 128 Å². The number of pyridine rings is 2. The molecule has 3 unspecified atom stereocenters. The molecular weight excluding hydrogens is 1070 g/mol. The highest BCUT2D eigenvalue weighted by atomic mass is 16.6. The molecule has 5 N–H and O–H groups in total. The summed E-state index contributed by atoms with van der Waals surface area (Å²) in [6, 6.07) is 3.46. The lowest BCUT2D eigenvalue weighted by molar-refractivity contribution is -0.172. The first kappa shape index (κ1) is 63.0. The molecule has 0 saturated heterocycles. The normalized spacial score (nSPS) is 16.7. The molecule has 3 atom stereocenters. The number of nitrogens with zero attached hydrogens (tertiary/aromatic N) is 3. The molecule has 448 valence electrons.